The maximum atomic E-state index is 14.2. The molecule has 6 N–H and O–H groups in total. The second kappa shape index (κ2) is 31.0. The van der Waals surface area contributed by atoms with E-state index in [1.54, 1.807) is 86.3 Å². The Morgan fingerprint density at radius 1 is 0.512 bits per heavy atom. The normalized spacial score (nSPS) is 19.4. The Hall–Kier alpha value is -6.90. The van der Waals surface area contributed by atoms with Gasteiger partial charge in [-0.25, -0.2) is 0 Å². The molecule has 82 heavy (non-hydrogen) atoms. The molecule has 16 nitrogen and oxygen atoms in total. The zero-order valence-electron chi connectivity index (χ0n) is 47.6. The molecule has 4 aromatic carbocycles. The van der Waals surface area contributed by atoms with Crippen molar-refractivity contribution in [3.63, 3.8) is 0 Å². The predicted octanol–water partition coefficient (Wildman–Crippen LogP) is 7.69. The van der Waals surface area contributed by atoms with Gasteiger partial charge < -0.3 is 41.7 Å². The summed E-state index contributed by atoms with van der Waals surface area (Å²) in [6.07, 6.45) is 9.11. The fraction of sp³-hybridized carbons (Fsp3) is 0.469. The number of fused-ring (bicyclic) bond motifs is 2. The number of aryl methyl sites for hydroxylation is 2. The van der Waals surface area contributed by atoms with Gasteiger partial charge in [0.05, 0.1) is 24.2 Å². The molecule has 0 saturated carbocycles. The summed E-state index contributed by atoms with van der Waals surface area (Å²) < 4.78 is 0. The summed E-state index contributed by atoms with van der Waals surface area (Å²) in [7, 11) is 3.31. The summed E-state index contributed by atoms with van der Waals surface area (Å²) >= 11 is 0. The van der Waals surface area contributed by atoms with E-state index in [0.717, 1.165) is 38.5 Å². The number of likely N-dealkylation sites (tertiary alicyclic amines) is 2. The first-order valence-electron chi connectivity index (χ1n) is 28.8. The molecule has 2 saturated heterocycles. The molecule has 0 bridgehead atoms. The third-order valence-corrected chi connectivity index (χ3v) is 16.6. The van der Waals surface area contributed by atoms with Gasteiger partial charge in [0, 0.05) is 61.3 Å². The van der Waals surface area contributed by atoms with Crippen LogP contribution in [0, 0.1) is 11.8 Å². The molecule has 18 heteroatoms. The van der Waals surface area contributed by atoms with Crippen LogP contribution in [0.5, 0.6) is 0 Å². The number of anilines is 2. The summed E-state index contributed by atoms with van der Waals surface area (Å²) in [4.78, 5) is 112. The average molecular weight is 1160 g/mol. The van der Waals surface area contributed by atoms with Crippen molar-refractivity contribution >= 4 is 83.2 Å². The number of ketones is 2. The quantitative estimate of drug-likeness (QED) is 0.0422. The zero-order chi connectivity index (χ0) is 56.7. The monoisotopic (exact) mass is 1160 g/mol. The number of hydrogen-bond acceptors (Lipinski definition) is 10. The van der Waals surface area contributed by atoms with Crippen LogP contribution in [-0.4, -0.2) is 120 Å². The molecule has 2 fully saturated rings. The van der Waals surface area contributed by atoms with E-state index in [0.29, 0.717) is 74.1 Å². The largest absolute Gasteiger partial charge is 0.343 e. The van der Waals surface area contributed by atoms with Gasteiger partial charge in [-0.3, -0.25) is 38.4 Å². The van der Waals surface area contributed by atoms with Gasteiger partial charge in [0.15, 0.2) is 11.6 Å². The Labute approximate surface area is 495 Å². The van der Waals surface area contributed by atoms with Crippen molar-refractivity contribution in [1.29, 1.82) is 0 Å². The predicted molar refractivity (Wildman–Crippen MR) is 323 cm³/mol. The highest BCUT2D eigenvalue weighted by molar-refractivity contribution is 5.97. The van der Waals surface area contributed by atoms with E-state index < -0.39 is 36.3 Å². The zero-order valence-corrected chi connectivity index (χ0v) is 49.2. The van der Waals surface area contributed by atoms with Gasteiger partial charge in [-0.2, -0.15) is 0 Å². The van der Waals surface area contributed by atoms with Gasteiger partial charge in [-0.15, -0.1) is 24.8 Å². The Morgan fingerprint density at radius 2 is 0.890 bits per heavy atom. The third-order valence-electron chi connectivity index (χ3n) is 16.6. The van der Waals surface area contributed by atoms with Crippen LogP contribution >= 0.6 is 24.8 Å². The van der Waals surface area contributed by atoms with Crippen LogP contribution in [0.25, 0.3) is 0 Å². The number of nitrogens with one attached hydrogen (secondary N) is 6. The van der Waals surface area contributed by atoms with Gasteiger partial charge in [0.2, 0.25) is 35.4 Å². The van der Waals surface area contributed by atoms with Crippen molar-refractivity contribution in [2.45, 2.75) is 165 Å². The molecule has 0 spiro atoms. The molecule has 8 rings (SSSR count). The topological polar surface area (TPSA) is 215 Å². The molecule has 0 radical (unpaired) electrons. The van der Waals surface area contributed by atoms with Crippen molar-refractivity contribution in [3.8, 4) is 11.8 Å². The van der Waals surface area contributed by atoms with Gasteiger partial charge in [0.1, 0.15) is 12.1 Å². The fourth-order valence-corrected chi connectivity index (χ4v) is 11.8. The van der Waals surface area contributed by atoms with E-state index in [-0.39, 0.29) is 109 Å². The first-order valence-corrected chi connectivity index (χ1v) is 28.8. The number of rotatable bonds is 22. The lowest BCUT2D eigenvalue weighted by Crippen LogP contribution is -2.54. The highest BCUT2D eigenvalue weighted by Crippen LogP contribution is 2.37. The second-order valence-corrected chi connectivity index (χ2v) is 22.0. The van der Waals surface area contributed by atoms with Crippen molar-refractivity contribution in [2.75, 3.05) is 37.8 Å². The molecule has 4 aromatic rings. The minimum atomic E-state index is -0.998. The molecule has 6 amide bonds. The Balaban J connectivity index is 0.00000541. The minimum Gasteiger partial charge on any atom is -0.343 e. The molecule has 2 aliphatic carbocycles. The van der Waals surface area contributed by atoms with Crippen molar-refractivity contribution in [2.24, 2.45) is 0 Å². The van der Waals surface area contributed by atoms with Crippen LogP contribution in [0.1, 0.15) is 149 Å². The van der Waals surface area contributed by atoms with Crippen molar-refractivity contribution < 1.29 is 38.4 Å². The summed E-state index contributed by atoms with van der Waals surface area (Å²) in [5, 5.41) is 17.3. The molecule has 2 heterocycles. The number of nitrogens with zero attached hydrogens (tertiary/aromatic N) is 2. The first kappa shape index (κ1) is 64.3. The van der Waals surface area contributed by atoms with Gasteiger partial charge in [0.25, 0.3) is 0 Å². The number of halogens is 2. The highest BCUT2D eigenvalue weighted by Gasteiger charge is 2.41. The van der Waals surface area contributed by atoms with E-state index in [9.17, 15) is 38.4 Å². The van der Waals surface area contributed by atoms with E-state index in [1.807, 2.05) is 24.3 Å². The number of amides is 6. The summed E-state index contributed by atoms with van der Waals surface area (Å²) in [5.74, 6) is 4.41. The maximum absolute atomic E-state index is 14.2. The molecular weight excluding hydrogens is 1080 g/mol. The molecule has 0 unspecified atom stereocenters. The highest BCUT2D eigenvalue weighted by atomic mass is 35.5. The lowest BCUT2D eigenvalue weighted by molar-refractivity contribution is -0.141. The number of carbonyl (C=O) groups excluding carboxylic acids is 8. The fourth-order valence-electron chi connectivity index (χ4n) is 11.8. The number of likely N-dealkylation sites (N-methyl/N-ethyl adjacent to an activating group) is 2. The average Bonchev–Trinajstić information content (AvgIpc) is 4.20. The molecule has 2 aliphatic heterocycles. The first-order chi connectivity index (χ1) is 38.7. The molecule has 0 aromatic heterocycles. The van der Waals surface area contributed by atoms with Crippen molar-refractivity contribution in [3.05, 3.63) is 130 Å². The van der Waals surface area contributed by atoms with Crippen LogP contribution in [0.2, 0.25) is 0 Å². The summed E-state index contributed by atoms with van der Waals surface area (Å²) in [6.45, 7) is 4.20. The van der Waals surface area contributed by atoms with Crippen molar-refractivity contribution in [1.82, 2.24) is 31.1 Å². The second-order valence-electron chi connectivity index (χ2n) is 22.0. The minimum absolute atomic E-state index is 0. The summed E-state index contributed by atoms with van der Waals surface area (Å²) in [5.41, 5.74) is 7.44. The SMILES string of the molecule is CN[C@@H](C)C(=O)N[C@@H](CCC(=O)Nc1ccc(C#Cc2ccc(NC(=O)CC[C@H](NC(=O)[C@H](C)NC)C(=O)N3CCC[C@H]3C(=O)C[C@@H]3CCCc4ccccc43)cc2)cc1)C(=O)N1CCC[C@H]1C(=O)C[C@@H]1CCCc2ccccc21.Cl.Cl. The standard InChI is InChI=1S/C64H78N8O8.2ClH/c1-41(65-3)61(77)69-53(63(79)71-37-11-21-55(71)57(73)39-47-17-9-15-45-13-5-7-19-51(45)47)33-35-59(75)67-49-29-25-43(26-30-49)23-24-44-27-31-50(32-28-44)68-60(76)36-34-54(70-62(78)42(2)66-4)64(80)72-38-12-22-56(72)58(74)40-48-18-10-16-46-14-6-8-20-52(46)48;;/h5-8,13-14,19-20,25-32,41-42,47-48,53-56,65-66H,9-12,15-18,21-22,33-40H2,1-4H3,(H,67,75)(H,68,76)(H,69,77)(H,70,78);2*1H/t41-,42-,47-,48-,53-,54-,55-,56-;;/m0../s1. The van der Waals surface area contributed by atoms with Crippen LogP contribution in [-0.2, 0) is 51.2 Å². The number of carbonyl (C=O) groups is 8. The number of Topliss-reactive ketones (excluding diaryl/α,β-unsaturated/α-hetero) is 2. The van der Waals surface area contributed by atoms with Crippen LogP contribution in [0.3, 0.4) is 0 Å². The molecule has 8 atom stereocenters. The Bertz CT molecular complexity index is 2770. The van der Waals surface area contributed by atoms with Gasteiger partial charge >= 0.3 is 0 Å². The maximum Gasteiger partial charge on any atom is 0.245 e. The van der Waals surface area contributed by atoms with Gasteiger partial charge in [-0.1, -0.05) is 60.4 Å². The lowest BCUT2D eigenvalue weighted by atomic mass is 9.79. The molecule has 4 aliphatic rings. The van der Waals surface area contributed by atoms with Crippen LogP contribution in [0.4, 0.5) is 11.4 Å². The number of benzene rings is 4. The van der Waals surface area contributed by atoms with E-state index >= 15 is 0 Å². The molecule has 438 valence electrons. The van der Waals surface area contributed by atoms with E-state index in [4.69, 9.17) is 0 Å². The van der Waals surface area contributed by atoms with Crippen LogP contribution < -0.4 is 31.9 Å². The number of hydrogen-bond donors (Lipinski definition) is 6. The van der Waals surface area contributed by atoms with E-state index in [2.05, 4.69) is 68.0 Å². The van der Waals surface area contributed by atoms with Gasteiger partial charge in [-0.05, 0) is 188 Å². The Morgan fingerprint density at radius 3 is 1.27 bits per heavy atom. The molecular formula is C64H80Cl2N8O8. The smallest absolute Gasteiger partial charge is 0.245 e. The summed E-state index contributed by atoms with van der Waals surface area (Å²) in [6, 6.07) is 26.3. The van der Waals surface area contributed by atoms with E-state index in [1.165, 1.54) is 22.3 Å². The third kappa shape index (κ3) is 16.9. The Kier molecular flexibility index (Phi) is 24.3. The lowest BCUT2D eigenvalue weighted by Gasteiger charge is -2.31. The van der Waals surface area contributed by atoms with Crippen LogP contribution in [0.15, 0.2) is 97.1 Å².